The molecule has 2 rings (SSSR count). The van der Waals surface area contributed by atoms with Gasteiger partial charge in [-0.3, -0.25) is 9.20 Å². The Labute approximate surface area is 123 Å². The van der Waals surface area contributed by atoms with Gasteiger partial charge in [0.25, 0.3) is 5.91 Å². The molecule has 0 aliphatic rings. The molecule has 0 atom stereocenters. The first-order chi connectivity index (χ1) is 10.2. The van der Waals surface area contributed by atoms with Crippen molar-refractivity contribution >= 4 is 11.6 Å². The van der Waals surface area contributed by atoms with Crippen molar-refractivity contribution < 1.29 is 14.6 Å². The van der Waals surface area contributed by atoms with E-state index in [4.69, 9.17) is 9.84 Å². The van der Waals surface area contributed by atoms with Crippen molar-refractivity contribution in [3.8, 4) is 0 Å². The maximum Gasteiger partial charge on any atom is 0.270 e. The fraction of sp³-hybridized carbons (Fsp3) is 0.467. The van der Waals surface area contributed by atoms with E-state index in [2.05, 4.69) is 10.3 Å². The minimum absolute atomic E-state index is 0.0134. The van der Waals surface area contributed by atoms with Crippen LogP contribution < -0.4 is 5.32 Å². The first kappa shape index (κ1) is 15.5. The van der Waals surface area contributed by atoms with Crippen molar-refractivity contribution in [2.24, 2.45) is 0 Å². The summed E-state index contributed by atoms with van der Waals surface area (Å²) in [5, 5.41) is 11.4. The Morgan fingerprint density at radius 2 is 2.29 bits per heavy atom. The predicted molar refractivity (Wildman–Crippen MR) is 79.5 cm³/mol. The van der Waals surface area contributed by atoms with Crippen molar-refractivity contribution in [2.75, 3.05) is 26.4 Å². The molecule has 0 unspecified atom stereocenters. The number of nitrogens with zero attached hydrogens (tertiary/aromatic N) is 2. The van der Waals surface area contributed by atoms with E-state index in [1.165, 1.54) is 0 Å². The van der Waals surface area contributed by atoms with Crippen LogP contribution in [-0.4, -0.2) is 46.8 Å². The number of imidazole rings is 1. The van der Waals surface area contributed by atoms with Gasteiger partial charge in [0.15, 0.2) is 0 Å². The molecule has 0 aromatic carbocycles. The summed E-state index contributed by atoms with van der Waals surface area (Å²) < 4.78 is 6.96. The lowest BCUT2D eigenvalue weighted by Gasteiger charge is -2.07. The van der Waals surface area contributed by atoms with Crippen LogP contribution in [0, 0.1) is 6.92 Å². The predicted octanol–water partition coefficient (Wildman–Crippen LogP) is 0.944. The molecule has 114 valence electrons. The molecule has 6 heteroatoms. The number of aryl methyl sites for hydroxylation is 2. The van der Waals surface area contributed by atoms with E-state index in [-0.39, 0.29) is 19.1 Å². The molecular weight excluding hydrogens is 270 g/mol. The molecule has 21 heavy (non-hydrogen) atoms. The summed E-state index contributed by atoms with van der Waals surface area (Å²) in [6, 6.07) is 3.89. The van der Waals surface area contributed by atoms with E-state index in [0.29, 0.717) is 25.3 Å². The van der Waals surface area contributed by atoms with Gasteiger partial charge in [-0.2, -0.15) is 0 Å². The summed E-state index contributed by atoms with van der Waals surface area (Å²) in [7, 11) is 0. The third kappa shape index (κ3) is 3.40. The number of aromatic nitrogens is 2. The van der Waals surface area contributed by atoms with Crippen molar-refractivity contribution in [3.05, 3.63) is 35.3 Å². The molecular formula is C15H21N3O3. The molecule has 0 aliphatic heterocycles. The average Bonchev–Trinajstić information content (AvgIpc) is 2.87. The zero-order chi connectivity index (χ0) is 15.2. The van der Waals surface area contributed by atoms with Crippen LogP contribution in [0.25, 0.3) is 5.65 Å². The lowest BCUT2D eigenvalue weighted by atomic mass is 10.2. The van der Waals surface area contributed by atoms with Crippen LogP contribution in [0.3, 0.4) is 0 Å². The maximum absolute atomic E-state index is 12.4. The molecule has 2 aromatic heterocycles. The molecule has 0 bridgehead atoms. The number of nitrogens with one attached hydrogen (secondary N) is 1. The summed E-state index contributed by atoms with van der Waals surface area (Å²) in [4.78, 5) is 16.9. The molecule has 2 heterocycles. The number of fused-ring (bicyclic) bond motifs is 1. The largest absolute Gasteiger partial charge is 0.394 e. The number of aliphatic hydroxyl groups excluding tert-OH is 1. The highest BCUT2D eigenvalue weighted by Gasteiger charge is 2.18. The molecule has 2 N–H and O–H groups in total. The fourth-order valence-electron chi connectivity index (χ4n) is 2.22. The Kier molecular flexibility index (Phi) is 5.30. The summed E-state index contributed by atoms with van der Waals surface area (Å²) >= 11 is 0. The van der Waals surface area contributed by atoms with Gasteiger partial charge < -0.3 is 15.2 Å². The molecule has 0 spiro atoms. The van der Waals surface area contributed by atoms with Crippen molar-refractivity contribution in [1.29, 1.82) is 0 Å². The van der Waals surface area contributed by atoms with E-state index < -0.39 is 0 Å². The average molecular weight is 291 g/mol. The van der Waals surface area contributed by atoms with E-state index in [0.717, 1.165) is 16.9 Å². The number of ether oxygens (including phenoxy) is 1. The monoisotopic (exact) mass is 291 g/mol. The third-order valence-corrected chi connectivity index (χ3v) is 3.23. The van der Waals surface area contributed by atoms with Crippen LogP contribution in [0.4, 0.5) is 0 Å². The highest BCUT2D eigenvalue weighted by molar-refractivity contribution is 5.94. The Hall–Kier alpha value is -1.92. The van der Waals surface area contributed by atoms with Crippen molar-refractivity contribution in [1.82, 2.24) is 14.7 Å². The second-order valence-corrected chi connectivity index (χ2v) is 4.74. The second kappa shape index (κ2) is 7.19. The van der Waals surface area contributed by atoms with Crippen molar-refractivity contribution in [2.45, 2.75) is 20.3 Å². The van der Waals surface area contributed by atoms with Gasteiger partial charge in [-0.25, -0.2) is 4.98 Å². The highest BCUT2D eigenvalue weighted by atomic mass is 16.5. The standard InChI is InChI=1S/C15H21N3O3/c1-3-12-13(15(20)16-6-9-21-10-8-19)18-7-4-5-11(2)14(18)17-12/h4-5,7,19H,3,6,8-10H2,1-2H3,(H,16,20). The number of carbonyl (C=O) groups excluding carboxylic acids is 1. The Morgan fingerprint density at radius 1 is 1.48 bits per heavy atom. The molecule has 6 nitrogen and oxygen atoms in total. The summed E-state index contributed by atoms with van der Waals surface area (Å²) in [5.41, 5.74) is 3.23. The first-order valence-electron chi connectivity index (χ1n) is 7.12. The van der Waals surface area contributed by atoms with Crippen LogP contribution in [0.15, 0.2) is 18.3 Å². The number of rotatable bonds is 7. The molecule has 0 fully saturated rings. The van der Waals surface area contributed by atoms with Crippen molar-refractivity contribution in [3.63, 3.8) is 0 Å². The minimum atomic E-state index is -0.155. The zero-order valence-corrected chi connectivity index (χ0v) is 12.4. The van der Waals surface area contributed by atoms with Gasteiger partial charge in [-0.15, -0.1) is 0 Å². The summed E-state index contributed by atoms with van der Waals surface area (Å²) in [5.74, 6) is -0.155. The molecule has 0 aliphatic carbocycles. The summed E-state index contributed by atoms with van der Waals surface area (Å²) in [6.07, 6.45) is 2.55. The van der Waals surface area contributed by atoms with E-state index in [1.54, 1.807) is 0 Å². The lowest BCUT2D eigenvalue weighted by Crippen LogP contribution is -2.29. The molecule has 1 amide bonds. The van der Waals surface area contributed by atoms with E-state index in [1.807, 2.05) is 36.6 Å². The SMILES string of the molecule is CCc1nc2c(C)cccn2c1C(=O)NCCOCCO. The van der Waals surface area contributed by atoms with Gasteiger partial charge in [0, 0.05) is 12.7 Å². The number of carbonyl (C=O) groups is 1. The van der Waals surface area contributed by atoms with Gasteiger partial charge in [-0.1, -0.05) is 13.0 Å². The minimum Gasteiger partial charge on any atom is -0.394 e. The number of aliphatic hydroxyl groups is 1. The van der Waals surface area contributed by atoms with Gasteiger partial charge in [-0.05, 0) is 25.0 Å². The Bertz CT molecular complexity index is 622. The van der Waals surface area contributed by atoms with Crippen LogP contribution in [0.1, 0.15) is 28.7 Å². The van der Waals surface area contributed by atoms with Crippen LogP contribution >= 0.6 is 0 Å². The van der Waals surface area contributed by atoms with Crippen LogP contribution in [0.5, 0.6) is 0 Å². The smallest absolute Gasteiger partial charge is 0.270 e. The van der Waals surface area contributed by atoms with E-state index >= 15 is 0 Å². The lowest BCUT2D eigenvalue weighted by molar-refractivity contribution is 0.0834. The van der Waals surface area contributed by atoms with Gasteiger partial charge in [0.05, 0.1) is 25.5 Å². The van der Waals surface area contributed by atoms with Crippen LogP contribution in [0.2, 0.25) is 0 Å². The quantitative estimate of drug-likeness (QED) is 0.745. The number of pyridine rings is 1. The Morgan fingerprint density at radius 3 is 3.00 bits per heavy atom. The third-order valence-electron chi connectivity index (χ3n) is 3.23. The summed E-state index contributed by atoms with van der Waals surface area (Å²) in [6.45, 7) is 5.01. The highest BCUT2D eigenvalue weighted by Crippen LogP contribution is 2.16. The maximum atomic E-state index is 12.4. The first-order valence-corrected chi connectivity index (χ1v) is 7.12. The number of hydrogen-bond acceptors (Lipinski definition) is 4. The van der Waals surface area contributed by atoms with E-state index in [9.17, 15) is 4.79 Å². The normalized spacial score (nSPS) is 11.0. The van der Waals surface area contributed by atoms with Gasteiger partial charge in [0.2, 0.25) is 0 Å². The Balaban J connectivity index is 2.16. The topological polar surface area (TPSA) is 75.9 Å². The fourth-order valence-corrected chi connectivity index (χ4v) is 2.22. The molecule has 2 aromatic rings. The molecule has 0 saturated heterocycles. The molecule has 0 saturated carbocycles. The zero-order valence-electron chi connectivity index (χ0n) is 12.4. The second-order valence-electron chi connectivity index (χ2n) is 4.74. The molecule has 0 radical (unpaired) electrons. The van der Waals surface area contributed by atoms with Gasteiger partial charge >= 0.3 is 0 Å². The number of hydrogen-bond donors (Lipinski definition) is 2. The van der Waals surface area contributed by atoms with Gasteiger partial charge in [0.1, 0.15) is 11.3 Å². The van der Waals surface area contributed by atoms with Crippen LogP contribution in [-0.2, 0) is 11.2 Å². The number of amides is 1.